The first-order chi connectivity index (χ1) is 7.63. The molecule has 2 rings (SSSR count). The SMILES string of the molecule is COC(=O)c1ncnc2c1CN(C)C(=O)N2. The first-order valence-corrected chi connectivity index (χ1v) is 4.57. The third-order valence-corrected chi connectivity index (χ3v) is 2.29. The van der Waals surface area contributed by atoms with Crippen LogP contribution in [0.5, 0.6) is 0 Å². The molecule has 1 aromatic heterocycles. The lowest BCUT2D eigenvalue weighted by Crippen LogP contribution is -2.37. The Balaban J connectivity index is 2.48. The Bertz CT molecular complexity index is 460. The number of urea groups is 1. The van der Waals surface area contributed by atoms with E-state index in [-0.39, 0.29) is 18.3 Å². The highest BCUT2D eigenvalue weighted by Gasteiger charge is 2.26. The third kappa shape index (κ3) is 1.56. The Labute approximate surface area is 91.4 Å². The molecule has 0 aliphatic carbocycles. The Kier molecular flexibility index (Phi) is 2.43. The molecule has 1 N–H and O–H groups in total. The Morgan fingerprint density at radius 1 is 1.56 bits per heavy atom. The van der Waals surface area contributed by atoms with E-state index in [0.717, 1.165) is 0 Å². The van der Waals surface area contributed by atoms with Gasteiger partial charge in [0, 0.05) is 12.6 Å². The summed E-state index contributed by atoms with van der Waals surface area (Å²) in [6.45, 7) is 0.284. The first-order valence-electron chi connectivity index (χ1n) is 4.57. The number of carbonyl (C=O) groups excluding carboxylic acids is 2. The molecular formula is C9H10N4O3. The van der Waals surface area contributed by atoms with Crippen molar-refractivity contribution in [2.45, 2.75) is 6.54 Å². The molecule has 0 fully saturated rings. The molecule has 0 aromatic carbocycles. The minimum atomic E-state index is -0.539. The van der Waals surface area contributed by atoms with Gasteiger partial charge in [-0.25, -0.2) is 19.6 Å². The summed E-state index contributed by atoms with van der Waals surface area (Å²) in [6, 6.07) is -0.262. The van der Waals surface area contributed by atoms with Crippen LogP contribution >= 0.6 is 0 Å². The summed E-state index contributed by atoms with van der Waals surface area (Å²) in [5.41, 5.74) is 0.746. The maximum atomic E-state index is 11.4. The molecule has 0 unspecified atom stereocenters. The van der Waals surface area contributed by atoms with Crippen molar-refractivity contribution in [3.63, 3.8) is 0 Å². The van der Waals surface area contributed by atoms with Gasteiger partial charge in [-0.1, -0.05) is 0 Å². The maximum absolute atomic E-state index is 11.4. The molecule has 0 bridgehead atoms. The van der Waals surface area contributed by atoms with Gasteiger partial charge in [-0.2, -0.15) is 0 Å². The van der Waals surface area contributed by atoms with Gasteiger partial charge in [-0.3, -0.25) is 5.32 Å². The highest BCUT2D eigenvalue weighted by atomic mass is 16.5. The molecule has 84 valence electrons. The predicted molar refractivity (Wildman–Crippen MR) is 53.9 cm³/mol. The molecule has 7 heteroatoms. The van der Waals surface area contributed by atoms with Crippen molar-refractivity contribution < 1.29 is 14.3 Å². The molecule has 0 saturated heterocycles. The molecular weight excluding hydrogens is 212 g/mol. The van der Waals surface area contributed by atoms with Crippen LogP contribution in [0.4, 0.5) is 10.6 Å². The first kappa shape index (κ1) is 10.3. The molecule has 1 aliphatic heterocycles. The number of ether oxygens (including phenoxy) is 1. The predicted octanol–water partition coefficient (Wildman–Crippen LogP) is 0.241. The van der Waals surface area contributed by atoms with E-state index >= 15 is 0 Å². The summed E-state index contributed by atoms with van der Waals surface area (Å²) in [5, 5.41) is 2.56. The standard InChI is InChI=1S/C9H10N4O3/c1-13-3-5-6(8(14)16-2)10-4-11-7(5)12-9(13)15/h4H,3H2,1-2H3,(H,10,11,12,15). The number of methoxy groups -OCH3 is 1. The summed E-state index contributed by atoms with van der Waals surface area (Å²) < 4.78 is 4.60. The van der Waals surface area contributed by atoms with Crippen molar-refractivity contribution in [2.24, 2.45) is 0 Å². The van der Waals surface area contributed by atoms with Crippen molar-refractivity contribution in [2.75, 3.05) is 19.5 Å². The Morgan fingerprint density at radius 3 is 3.00 bits per heavy atom. The second-order valence-corrected chi connectivity index (χ2v) is 3.33. The molecule has 1 aliphatic rings. The summed E-state index contributed by atoms with van der Waals surface area (Å²) in [6.07, 6.45) is 1.22. The fourth-order valence-corrected chi connectivity index (χ4v) is 1.45. The number of anilines is 1. The van der Waals surface area contributed by atoms with Gasteiger partial charge in [0.2, 0.25) is 0 Å². The van der Waals surface area contributed by atoms with Gasteiger partial charge in [0.1, 0.15) is 12.1 Å². The van der Waals surface area contributed by atoms with Crippen LogP contribution < -0.4 is 5.32 Å². The average Bonchev–Trinajstić information content (AvgIpc) is 2.29. The van der Waals surface area contributed by atoms with E-state index in [1.54, 1.807) is 7.05 Å². The quantitative estimate of drug-likeness (QED) is 0.688. The summed E-state index contributed by atoms with van der Waals surface area (Å²) in [5.74, 6) is -0.179. The lowest BCUT2D eigenvalue weighted by atomic mass is 10.1. The van der Waals surface area contributed by atoms with E-state index in [4.69, 9.17) is 0 Å². The van der Waals surface area contributed by atoms with Gasteiger partial charge >= 0.3 is 12.0 Å². The number of amides is 2. The smallest absolute Gasteiger partial charge is 0.357 e. The van der Waals surface area contributed by atoms with Gasteiger partial charge < -0.3 is 9.64 Å². The molecule has 16 heavy (non-hydrogen) atoms. The summed E-state index contributed by atoms with van der Waals surface area (Å²) in [4.78, 5) is 32.0. The van der Waals surface area contributed by atoms with E-state index in [1.807, 2.05) is 0 Å². The Hall–Kier alpha value is -2.18. The second-order valence-electron chi connectivity index (χ2n) is 3.33. The number of rotatable bonds is 1. The third-order valence-electron chi connectivity index (χ3n) is 2.29. The van der Waals surface area contributed by atoms with E-state index < -0.39 is 5.97 Å². The minimum Gasteiger partial charge on any atom is -0.464 e. The summed E-state index contributed by atoms with van der Waals surface area (Å²) in [7, 11) is 2.90. The molecule has 7 nitrogen and oxygen atoms in total. The molecule has 2 amide bonds. The lowest BCUT2D eigenvalue weighted by molar-refractivity contribution is 0.0591. The highest BCUT2D eigenvalue weighted by molar-refractivity contribution is 5.95. The summed E-state index contributed by atoms with van der Waals surface area (Å²) >= 11 is 0. The number of esters is 1. The topological polar surface area (TPSA) is 84.4 Å². The number of nitrogens with zero attached hydrogens (tertiary/aromatic N) is 3. The fraction of sp³-hybridized carbons (Fsp3) is 0.333. The van der Waals surface area contributed by atoms with Gasteiger partial charge in [-0.05, 0) is 0 Å². The van der Waals surface area contributed by atoms with Crippen molar-refractivity contribution >= 4 is 17.8 Å². The van der Waals surface area contributed by atoms with Crippen LogP contribution in [0.1, 0.15) is 16.1 Å². The second kappa shape index (κ2) is 3.76. The monoisotopic (exact) mass is 222 g/mol. The molecule has 0 radical (unpaired) electrons. The maximum Gasteiger partial charge on any atom is 0.357 e. The van der Waals surface area contributed by atoms with Crippen LogP contribution in [0.25, 0.3) is 0 Å². The molecule has 0 atom stereocenters. The van der Waals surface area contributed by atoms with E-state index in [9.17, 15) is 9.59 Å². The van der Waals surface area contributed by atoms with Crippen molar-refractivity contribution in [3.8, 4) is 0 Å². The zero-order valence-corrected chi connectivity index (χ0v) is 8.85. The highest BCUT2D eigenvalue weighted by Crippen LogP contribution is 2.22. The van der Waals surface area contributed by atoms with Crippen molar-refractivity contribution in [1.82, 2.24) is 14.9 Å². The minimum absolute atomic E-state index is 0.180. The largest absolute Gasteiger partial charge is 0.464 e. The number of carbonyl (C=O) groups is 2. The van der Waals surface area contributed by atoms with E-state index in [1.165, 1.54) is 18.3 Å². The number of hydrogen-bond acceptors (Lipinski definition) is 5. The van der Waals surface area contributed by atoms with Gasteiger partial charge in [0.05, 0.1) is 13.7 Å². The van der Waals surface area contributed by atoms with Crippen LogP contribution in [0.2, 0.25) is 0 Å². The molecule has 0 spiro atoms. The van der Waals surface area contributed by atoms with E-state index in [0.29, 0.717) is 11.4 Å². The number of aromatic nitrogens is 2. The zero-order valence-electron chi connectivity index (χ0n) is 8.85. The van der Waals surface area contributed by atoms with Crippen LogP contribution in [0.15, 0.2) is 6.33 Å². The number of nitrogens with one attached hydrogen (secondary N) is 1. The zero-order chi connectivity index (χ0) is 11.7. The van der Waals surface area contributed by atoms with Crippen LogP contribution in [-0.2, 0) is 11.3 Å². The van der Waals surface area contributed by atoms with Gasteiger partial charge in [0.15, 0.2) is 5.69 Å². The van der Waals surface area contributed by atoms with Crippen LogP contribution in [-0.4, -0.2) is 41.0 Å². The number of hydrogen-bond donors (Lipinski definition) is 1. The molecule has 1 aromatic rings. The number of fused-ring (bicyclic) bond motifs is 1. The van der Waals surface area contributed by atoms with Gasteiger partial charge in [-0.15, -0.1) is 0 Å². The van der Waals surface area contributed by atoms with Gasteiger partial charge in [0.25, 0.3) is 0 Å². The average molecular weight is 222 g/mol. The van der Waals surface area contributed by atoms with Crippen LogP contribution in [0.3, 0.4) is 0 Å². The van der Waals surface area contributed by atoms with Crippen molar-refractivity contribution in [1.29, 1.82) is 0 Å². The van der Waals surface area contributed by atoms with Crippen molar-refractivity contribution in [3.05, 3.63) is 17.6 Å². The molecule has 0 saturated carbocycles. The Morgan fingerprint density at radius 2 is 2.31 bits per heavy atom. The van der Waals surface area contributed by atoms with E-state index in [2.05, 4.69) is 20.0 Å². The normalized spacial score (nSPS) is 14.1. The molecule has 2 heterocycles. The fourth-order valence-electron chi connectivity index (χ4n) is 1.45. The lowest BCUT2D eigenvalue weighted by Gasteiger charge is -2.25. The van der Waals surface area contributed by atoms with Crippen LogP contribution in [0, 0.1) is 0 Å².